The third kappa shape index (κ3) is 1.60. The maximum absolute atomic E-state index is 5.60. The van der Waals surface area contributed by atoms with Crippen molar-refractivity contribution in [1.82, 2.24) is 9.36 Å². The summed E-state index contributed by atoms with van der Waals surface area (Å²) in [6.45, 7) is 5.26. The van der Waals surface area contributed by atoms with E-state index in [1.807, 2.05) is 22.9 Å². The molecule has 1 aromatic heterocycles. The van der Waals surface area contributed by atoms with Crippen molar-refractivity contribution in [3.05, 3.63) is 39.1 Å². The van der Waals surface area contributed by atoms with Crippen LogP contribution in [0.5, 0.6) is 0 Å². The van der Waals surface area contributed by atoms with Crippen molar-refractivity contribution >= 4 is 41.4 Å². The molecule has 1 aromatic carbocycles. The highest BCUT2D eigenvalue weighted by Crippen LogP contribution is 2.24. The van der Waals surface area contributed by atoms with Gasteiger partial charge in [-0.2, -0.15) is 0 Å². The molecule has 0 amide bonds. The van der Waals surface area contributed by atoms with E-state index in [9.17, 15) is 0 Å². The van der Waals surface area contributed by atoms with Crippen LogP contribution in [0.15, 0.2) is 29.8 Å². The summed E-state index contributed by atoms with van der Waals surface area (Å²) >= 11 is 11.2. The van der Waals surface area contributed by atoms with Gasteiger partial charge in [0.05, 0.1) is 0 Å². The Morgan fingerprint density at radius 1 is 1.11 bits per heavy atom. The minimum atomic E-state index is 0.507. The second-order valence-corrected chi connectivity index (χ2v) is 5.63. The standard InChI is InChI=1S/C14H14N2S2/c1-9-7-15-13(17)11-5-3-4-6-12(11)14(18)16(15)8-10(9)2/h3-7,10H,8H2,1-2H3. The van der Waals surface area contributed by atoms with E-state index in [0.29, 0.717) is 5.92 Å². The number of fused-ring (bicyclic) bond motifs is 2. The van der Waals surface area contributed by atoms with Crippen molar-refractivity contribution in [2.45, 2.75) is 20.4 Å². The lowest BCUT2D eigenvalue weighted by Crippen LogP contribution is -2.24. The molecule has 0 saturated carbocycles. The van der Waals surface area contributed by atoms with Gasteiger partial charge in [-0.1, -0.05) is 61.2 Å². The van der Waals surface area contributed by atoms with Crippen molar-refractivity contribution in [2.75, 3.05) is 0 Å². The molecule has 0 fully saturated rings. The quantitative estimate of drug-likeness (QED) is 0.658. The van der Waals surface area contributed by atoms with Crippen LogP contribution in [0.25, 0.3) is 17.0 Å². The van der Waals surface area contributed by atoms with Gasteiger partial charge in [0, 0.05) is 23.5 Å². The van der Waals surface area contributed by atoms with E-state index < -0.39 is 0 Å². The van der Waals surface area contributed by atoms with Crippen LogP contribution in [0.3, 0.4) is 0 Å². The first-order chi connectivity index (χ1) is 8.59. The van der Waals surface area contributed by atoms with E-state index in [0.717, 1.165) is 26.6 Å². The Kier molecular flexibility index (Phi) is 2.72. The Labute approximate surface area is 116 Å². The fraction of sp³-hybridized carbons (Fsp3) is 0.286. The van der Waals surface area contributed by atoms with Crippen LogP contribution in [-0.4, -0.2) is 9.36 Å². The lowest BCUT2D eigenvalue weighted by atomic mass is 10.0. The van der Waals surface area contributed by atoms with Gasteiger partial charge < -0.3 is 0 Å². The predicted octanol–water partition coefficient (Wildman–Crippen LogP) is 4.41. The molecule has 0 aliphatic carbocycles. The predicted molar refractivity (Wildman–Crippen MR) is 80.7 cm³/mol. The Hall–Kier alpha value is -1.26. The second kappa shape index (κ2) is 4.14. The highest BCUT2D eigenvalue weighted by Gasteiger charge is 2.16. The maximum atomic E-state index is 5.60. The molecule has 0 spiro atoms. The van der Waals surface area contributed by atoms with E-state index in [4.69, 9.17) is 24.4 Å². The zero-order chi connectivity index (χ0) is 12.9. The highest BCUT2D eigenvalue weighted by atomic mass is 32.1. The molecule has 0 radical (unpaired) electrons. The monoisotopic (exact) mass is 274 g/mol. The largest absolute Gasteiger partial charge is 0.268 e. The molecule has 0 bridgehead atoms. The lowest BCUT2D eigenvalue weighted by Gasteiger charge is -2.26. The van der Waals surface area contributed by atoms with Crippen LogP contribution in [0.1, 0.15) is 13.8 Å². The summed E-state index contributed by atoms with van der Waals surface area (Å²) in [5, 5.41) is 2.14. The van der Waals surface area contributed by atoms with Gasteiger partial charge in [-0.05, 0) is 12.8 Å². The first kappa shape index (κ1) is 11.8. The molecule has 2 heterocycles. The van der Waals surface area contributed by atoms with Crippen molar-refractivity contribution in [1.29, 1.82) is 0 Å². The zero-order valence-corrected chi connectivity index (χ0v) is 12.0. The summed E-state index contributed by atoms with van der Waals surface area (Å²) in [5.74, 6) is 0.507. The molecular formula is C14H14N2S2. The minimum absolute atomic E-state index is 0.507. The molecular weight excluding hydrogens is 260 g/mol. The Balaban J connectivity index is 2.52. The molecule has 18 heavy (non-hydrogen) atoms. The van der Waals surface area contributed by atoms with Crippen molar-refractivity contribution in [2.24, 2.45) is 5.92 Å². The van der Waals surface area contributed by atoms with E-state index >= 15 is 0 Å². The number of nitrogens with zero attached hydrogens (tertiary/aromatic N) is 2. The van der Waals surface area contributed by atoms with Gasteiger partial charge in [-0.3, -0.25) is 4.68 Å². The summed E-state index contributed by atoms with van der Waals surface area (Å²) in [5.41, 5.74) is 1.34. The van der Waals surface area contributed by atoms with E-state index in [-0.39, 0.29) is 0 Å². The fourth-order valence-corrected chi connectivity index (χ4v) is 3.02. The van der Waals surface area contributed by atoms with Crippen LogP contribution in [0, 0.1) is 15.2 Å². The smallest absolute Gasteiger partial charge is 0.133 e. The first-order valence-electron chi connectivity index (χ1n) is 6.02. The van der Waals surface area contributed by atoms with E-state index in [1.54, 1.807) is 0 Å². The molecule has 1 aliphatic rings. The minimum Gasteiger partial charge on any atom is -0.268 e. The number of benzene rings is 1. The summed E-state index contributed by atoms with van der Waals surface area (Å²) in [6, 6.07) is 8.12. The summed E-state index contributed by atoms with van der Waals surface area (Å²) in [6.07, 6.45) is 2.11. The third-order valence-corrected chi connectivity index (χ3v) is 4.48. The number of hydrogen-bond acceptors (Lipinski definition) is 2. The molecule has 92 valence electrons. The van der Waals surface area contributed by atoms with Crippen molar-refractivity contribution < 1.29 is 0 Å². The van der Waals surface area contributed by atoms with Gasteiger partial charge in [0.1, 0.15) is 9.28 Å². The lowest BCUT2D eigenvalue weighted by molar-refractivity contribution is 0.438. The van der Waals surface area contributed by atoms with Crippen LogP contribution < -0.4 is 0 Å². The Morgan fingerprint density at radius 2 is 1.72 bits per heavy atom. The average molecular weight is 274 g/mol. The molecule has 0 N–H and O–H groups in total. The van der Waals surface area contributed by atoms with Crippen molar-refractivity contribution in [3.8, 4) is 0 Å². The van der Waals surface area contributed by atoms with Crippen molar-refractivity contribution in [3.63, 3.8) is 0 Å². The van der Waals surface area contributed by atoms with Gasteiger partial charge in [0.15, 0.2) is 0 Å². The number of allylic oxidation sites excluding steroid dienone is 1. The normalized spacial score (nSPS) is 18.6. The highest BCUT2D eigenvalue weighted by molar-refractivity contribution is 7.72. The molecule has 1 atom stereocenters. The molecule has 2 aromatic rings. The maximum Gasteiger partial charge on any atom is 0.133 e. The van der Waals surface area contributed by atoms with Gasteiger partial charge in [-0.25, -0.2) is 4.68 Å². The van der Waals surface area contributed by atoms with Gasteiger partial charge >= 0.3 is 0 Å². The Bertz CT molecular complexity index is 780. The SMILES string of the molecule is CC1=Cn2c(=S)c3ccccc3c(=S)n2CC1C. The zero-order valence-electron chi connectivity index (χ0n) is 10.4. The van der Waals surface area contributed by atoms with Crippen LogP contribution in [0.4, 0.5) is 0 Å². The number of hydrogen-bond donors (Lipinski definition) is 0. The second-order valence-electron chi connectivity index (χ2n) is 4.86. The molecule has 1 aliphatic heterocycles. The number of rotatable bonds is 0. The summed E-state index contributed by atoms with van der Waals surface area (Å²) in [7, 11) is 0. The third-order valence-electron chi connectivity index (χ3n) is 3.64. The van der Waals surface area contributed by atoms with Gasteiger partial charge in [0.25, 0.3) is 0 Å². The first-order valence-corrected chi connectivity index (χ1v) is 6.84. The van der Waals surface area contributed by atoms with E-state index in [2.05, 4.69) is 30.8 Å². The van der Waals surface area contributed by atoms with Gasteiger partial charge in [-0.15, -0.1) is 0 Å². The van der Waals surface area contributed by atoms with E-state index in [1.165, 1.54) is 5.57 Å². The number of aromatic nitrogens is 2. The summed E-state index contributed by atoms with van der Waals surface area (Å²) < 4.78 is 5.84. The van der Waals surface area contributed by atoms with Crippen LogP contribution in [-0.2, 0) is 6.54 Å². The molecule has 0 saturated heterocycles. The topological polar surface area (TPSA) is 9.86 Å². The fourth-order valence-electron chi connectivity index (χ4n) is 2.35. The molecule has 1 unspecified atom stereocenters. The van der Waals surface area contributed by atoms with Crippen LogP contribution >= 0.6 is 24.4 Å². The van der Waals surface area contributed by atoms with Crippen LogP contribution in [0.2, 0.25) is 0 Å². The molecule has 2 nitrogen and oxygen atoms in total. The molecule has 3 rings (SSSR count). The molecule has 4 heteroatoms. The Morgan fingerprint density at radius 3 is 2.39 bits per heavy atom. The average Bonchev–Trinajstić information content (AvgIpc) is 2.38. The summed E-state index contributed by atoms with van der Waals surface area (Å²) in [4.78, 5) is 0. The van der Waals surface area contributed by atoms with Gasteiger partial charge in [0.2, 0.25) is 0 Å².